The van der Waals surface area contributed by atoms with Crippen LogP contribution in [0.2, 0.25) is 0 Å². The molecule has 0 spiro atoms. The quantitative estimate of drug-likeness (QED) is 0.127. The minimum Gasteiger partial charge on any atom is -0.310 e. The van der Waals surface area contributed by atoms with Crippen LogP contribution in [0.25, 0.3) is 77.9 Å². The van der Waals surface area contributed by atoms with Crippen LogP contribution in [0.1, 0.15) is 61.1 Å². The summed E-state index contributed by atoms with van der Waals surface area (Å²) in [5.74, 6) is 0. The van der Waals surface area contributed by atoms with Crippen LogP contribution in [0.4, 0.5) is 34.1 Å². The first kappa shape index (κ1) is 50.5. The van der Waals surface area contributed by atoms with Gasteiger partial charge in [-0.1, -0.05) is 234 Å². The zero-order valence-electron chi connectivity index (χ0n) is 47.5. The lowest BCUT2D eigenvalue weighted by atomic mass is 9.81. The van der Waals surface area contributed by atoms with E-state index in [1.54, 1.807) is 0 Å². The van der Waals surface area contributed by atoms with E-state index in [2.05, 4.69) is 330 Å². The lowest BCUT2D eigenvalue weighted by Crippen LogP contribution is -2.15. The lowest BCUT2D eigenvalue weighted by Gasteiger charge is -2.31. The molecule has 0 heterocycles. The molecule has 0 atom stereocenters. The van der Waals surface area contributed by atoms with Crippen molar-refractivity contribution < 1.29 is 0 Å². The standard InChI is InChI=1S/C80H64N2/c1-53-47-59(41-45-75(53)81(63-29-21-27-57(49-63)55-23-9-7-10-24-55)77-37-19-15-31-65(77)61-39-43-69-67-33-13-17-35-71(67)79(3,4)73(69)51-61)60-42-46-76(54(2)48-60)82(64-30-22-28-58(50-64)56-25-11-8-12-26-56)78-38-20-16-32-66(78)62-40-44-70-68-34-14-18-36-72(68)80(5,6)74(70)52-62/h7-52H,1-6H3. The minimum atomic E-state index is -0.117. The molecule has 0 bridgehead atoms. The number of aryl methyl sites for hydroxylation is 2. The molecule has 0 saturated heterocycles. The molecule has 0 unspecified atom stereocenters. The largest absolute Gasteiger partial charge is 0.310 e. The second-order valence-electron chi connectivity index (χ2n) is 23.4. The van der Waals surface area contributed by atoms with Crippen molar-refractivity contribution in [3.05, 3.63) is 312 Å². The van der Waals surface area contributed by atoms with Crippen molar-refractivity contribution in [1.82, 2.24) is 0 Å². The predicted molar refractivity (Wildman–Crippen MR) is 348 cm³/mol. The first-order valence-corrected chi connectivity index (χ1v) is 28.8. The molecule has 0 aromatic heterocycles. The summed E-state index contributed by atoms with van der Waals surface area (Å²) in [5, 5.41) is 0. The Hall–Kier alpha value is -9.76. The maximum Gasteiger partial charge on any atom is 0.0540 e. The van der Waals surface area contributed by atoms with Gasteiger partial charge in [-0.05, 0) is 187 Å². The van der Waals surface area contributed by atoms with Crippen LogP contribution in [0.3, 0.4) is 0 Å². The molecule has 2 aliphatic rings. The number of anilines is 6. The highest BCUT2D eigenvalue weighted by Gasteiger charge is 2.37. The van der Waals surface area contributed by atoms with Gasteiger partial charge in [0, 0.05) is 44.7 Å². The van der Waals surface area contributed by atoms with E-state index < -0.39 is 0 Å². The van der Waals surface area contributed by atoms with Gasteiger partial charge in [-0.2, -0.15) is 0 Å². The predicted octanol–water partition coefficient (Wildman–Crippen LogP) is 22.2. The van der Waals surface area contributed by atoms with Gasteiger partial charge < -0.3 is 9.80 Å². The summed E-state index contributed by atoms with van der Waals surface area (Å²) in [6, 6.07) is 103. The van der Waals surface area contributed by atoms with E-state index in [-0.39, 0.29) is 10.8 Å². The van der Waals surface area contributed by atoms with Crippen LogP contribution in [0, 0.1) is 13.8 Å². The maximum atomic E-state index is 2.47. The Morgan fingerprint density at radius 3 is 0.963 bits per heavy atom. The third kappa shape index (κ3) is 8.57. The van der Waals surface area contributed by atoms with Gasteiger partial charge in [-0.25, -0.2) is 0 Å². The highest BCUT2D eigenvalue weighted by atomic mass is 15.2. The SMILES string of the molecule is Cc1cc(-c2ccc(N(c3cccc(-c4ccccc4)c3)c3ccccc3-c3ccc4c(c3)C(C)(C)c3ccccc3-4)c(C)c2)ccc1N(c1cccc(-c2ccccc2)c1)c1ccccc1-c1ccc2c(c1)C(C)(C)c1ccccc1-2. The Labute approximate surface area is 483 Å². The molecule has 0 radical (unpaired) electrons. The van der Waals surface area contributed by atoms with Crippen LogP contribution in [0.5, 0.6) is 0 Å². The Morgan fingerprint density at radius 2 is 0.549 bits per heavy atom. The Bertz CT molecular complexity index is 4140. The van der Waals surface area contributed by atoms with E-state index >= 15 is 0 Å². The monoisotopic (exact) mass is 1050 g/mol. The molecule has 0 amide bonds. The van der Waals surface area contributed by atoms with Gasteiger partial charge in [0.1, 0.15) is 0 Å². The topological polar surface area (TPSA) is 6.48 Å². The first-order valence-electron chi connectivity index (χ1n) is 28.8. The van der Waals surface area contributed by atoms with Gasteiger partial charge in [0.2, 0.25) is 0 Å². The Morgan fingerprint density at radius 1 is 0.220 bits per heavy atom. The molecular formula is C80H64N2. The summed E-state index contributed by atoms with van der Waals surface area (Å²) in [4.78, 5) is 4.95. The van der Waals surface area contributed by atoms with Crippen molar-refractivity contribution in [2.45, 2.75) is 52.4 Å². The number of fused-ring (bicyclic) bond motifs is 6. The van der Waals surface area contributed by atoms with Crippen molar-refractivity contribution in [2.75, 3.05) is 9.80 Å². The zero-order valence-corrected chi connectivity index (χ0v) is 47.5. The van der Waals surface area contributed by atoms with Crippen molar-refractivity contribution in [2.24, 2.45) is 0 Å². The van der Waals surface area contributed by atoms with E-state index in [1.807, 2.05) is 0 Å². The Kier molecular flexibility index (Phi) is 12.4. The van der Waals surface area contributed by atoms with Crippen LogP contribution in [-0.2, 0) is 10.8 Å². The normalized spacial score (nSPS) is 13.2. The molecule has 82 heavy (non-hydrogen) atoms. The molecule has 12 aromatic rings. The van der Waals surface area contributed by atoms with Crippen molar-refractivity contribution >= 4 is 34.1 Å². The highest BCUT2D eigenvalue weighted by Crippen LogP contribution is 2.53. The van der Waals surface area contributed by atoms with E-state index in [1.165, 1.54) is 111 Å². The minimum absolute atomic E-state index is 0.117. The van der Waals surface area contributed by atoms with Gasteiger partial charge in [0.05, 0.1) is 11.4 Å². The highest BCUT2D eigenvalue weighted by molar-refractivity contribution is 5.95. The van der Waals surface area contributed by atoms with Gasteiger partial charge >= 0.3 is 0 Å². The fourth-order valence-electron chi connectivity index (χ4n) is 13.5. The number of hydrogen-bond acceptors (Lipinski definition) is 2. The summed E-state index contributed by atoms with van der Waals surface area (Å²) < 4.78 is 0. The lowest BCUT2D eigenvalue weighted by molar-refractivity contribution is 0.660. The summed E-state index contributed by atoms with van der Waals surface area (Å²) >= 11 is 0. The van der Waals surface area contributed by atoms with Crippen LogP contribution >= 0.6 is 0 Å². The average Bonchev–Trinajstić information content (AvgIpc) is 2.90. The molecule has 0 N–H and O–H groups in total. The molecule has 394 valence electrons. The van der Waals surface area contributed by atoms with Gasteiger partial charge in [0.15, 0.2) is 0 Å². The van der Waals surface area contributed by atoms with Gasteiger partial charge in [-0.15, -0.1) is 0 Å². The smallest absolute Gasteiger partial charge is 0.0540 e. The molecule has 0 fully saturated rings. The summed E-state index contributed by atoms with van der Waals surface area (Å²) in [6.07, 6.45) is 0. The van der Waals surface area contributed by atoms with E-state index in [4.69, 9.17) is 0 Å². The molecule has 0 saturated carbocycles. The number of para-hydroxylation sites is 2. The molecule has 14 rings (SSSR count). The first-order chi connectivity index (χ1) is 40.0. The molecule has 0 aliphatic heterocycles. The third-order valence-corrected chi connectivity index (χ3v) is 17.7. The Balaban J connectivity index is 0.871. The fraction of sp³-hybridized carbons (Fsp3) is 0.100. The fourth-order valence-corrected chi connectivity index (χ4v) is 13.5. The van der Waals surface area contributed by atoms with Crippen LogP contribution in [0.15, 0.2) is 279 Å². The number of rotatable bonds is 11. The second kappa shape index (κ2) is 20.1. The molecule has 12 aromatic carbocycles. The average molecular weight is 1050 g/mol. The maximum absolute atomic E-state index is 2.47. The zero-order chi connectivity index (χ0) is 55.7. The van der Waals surface area contributed by atoms with Crippen molar-refractivity contribution in [3.63, 3.8) is 0 Å². The van der Waals surface area contributed by atoms with Gasteiger partial charge in [-0.3, -0.25) is 0 Å². The number of hydrogen-bond donors (Lipinski definition) is 0. The van der Waals surface area contributed by atoms with Crippen molar-refractivity contribution in [3.8, 4) is 77.9 Å². The number of nitrogens with zero attached hydrogens (tertiary/aromatic N) is 2. The molecule has 2 nitrogen and oxygen atoms in total. The third-order valence-electron chi connectivity index (χ3n) is 17.7. The summed E-state index contributed by atoms with van der Waals surface area (Å²) in [5.41, 5.74) is 31.5. The summed E-state index contributed by atoms with van der Waals surface area (Å²) in [6.45, 7) is 14.0. The van der Waals surface area contributed by atoms with Gasteiger partial charge in [0.25, 0.3) is 0 Å². The van der Waals surface area contributed by atoms with Crippen LogP contribution in [-0.4, -0.2) is 0 Å². The second-order valence-corrected chi connectivity index (χ2v) is 23.4. The molecule has 2 heteroatoms. The summed E-state index contributed by atoms with van der Waals surface area (Å²) in [7, 11) is 0. The van der Waals surface area contributed by atoms with Crippen LogP contribution < -0.4 is 9.80 Å². The molecular weight excluding hydrogens is 989 g/mol. The van der Waals surface area contributed by atoms with E-state index in [9.17, 15) is 0 Å². The van der Waals surface area contributed by atoms with E-state index in [0.29, 0.717) is 0 Å². The van der Waals surface area contributed by atoms with E-state index in [0.717, 1.165) is 34.1 Å². The van der Waals surface area contributed by atoms with Crippen molar-refractivity contribution in [1.29, 1.82) is 0 Å². The number of benzene rings is 12. The molecule has 2 aliphatic carbocycles.